The smallest absolute Gasteiger partial charge is 0.254 e. The average Bonchev–Trinajstić information content (AvgIpc) is 2.94. The van der Waals surface area contributed by atoms with Gasteiger partial charge in [-0.1, -0.05) is 11.8 Å². The fourth-order valence-corrected chi connectivity index (χ4v) is 2.56. The largest absolute Gasteiger partial charge is 0.384 e. The minimum atomic E-state index is -0.209. The number of rotatable bonds is 5. The number of aliphatic hydroxyl groups is 1. The number of nitrogens with zero attached hydrogens (tertiary/aromatic N) is 2. The highest BCUT2D eigenvalue weighted by atomic mass is 32.1. The maximum atomic E-state index is 12.2. The van der Waals surface area contributed by atoms with Gasteiger partial charge < -0.3 is 14.9 Å². The molecule has 0 bridgehead atoms. The molecule has 1 rings (SSSR count). The van der Waals surface area contributed by atoms with Crippen molar-refractivity contribution in [1.29, 1.82) is 0 Å². The fraction of sp³-hybridized carbons (Fsp3) is 0.467. The standard InChI is InChI=1S/C15H20N2O3S/c1-4-17(5-2)14(19)10-16(3)15(20)12-9-13(21-11-12)7-6-8-18/h9,11,18H,4-5,8,10H2,1-3H3. The van der Waals surface area contributed by atoms with Gasteiger partial charge in [-0.25, -0.2) is 0 Å². The number of thiophene rings is 1. The Morgan fingerprint density at radius 2 is 2.00 bits per heavy atom. The van der Waals surface area contributed by atoms with Crippen molar-refractivity contribution in [2.24, 2.45) is 0 Å². The average molecular weight is 308 g/mol. The second-order valence-corrected chi connectivity index (χ2v) is 5.30. The lowest BCUT2D eigenvalue weighted by atomic mass is 10.2. The van der Waals surface area contributed by atoms with Gasteiger partial charge in [-0.15, -0.1) is 11.3 Å². The summed E-state index contributed by atoms with van der Waals surface area (Å²) in [6.45, 7) is 4.95. The topological polar surface area (TPSA) is 60.9 Å². The molecule has 0 aliphatic heterocycles. The molecule has 0 aliphatic carbocycles. The van der Waals surface area contributed by atoms with Crippen molar-refractivity contribution < 1.29 is 14.7 Å². The maximum absolute atomic E-state index is 12.2. The minimum Gasteiger partial charge on any atom is -0.384 e. The molecule has 0 saturated carbocycles. The Kier molecular flexibility index (Phi) is 6.92. The molecule has 6 heteroatoms. The molecule has 0 atom stereocenters. The van der Waals surface area contributed by atoms with Crippen molar-refractivity contribution in [3.63, 3.8) is 0 Å². The third-order valence-electron chi connectivity index (χ3n) is 2.97. The lowest BCUT2D eigenvalue weighted by Gasteiger charge is -2.22. The van der Waals surface area contributed by atoms with Gasteiger partial charge in [0.15, 0.2) is 0 Å². The Morgan fingerprint density at radius 1 is 1.33 bits per heavy atom. The van der Waals surface area contributed by atoms with Crippen molar-refractivity contribution in [2.75, 3.05) is 33.3 Å². The molecular formula is C15H20N2O3S. The summed E-state index contributed by atoms with van der Waals surface area (Å²) in [6.07, 6.45) is 0. The monoisotopic (exact) mass is 308 g/mol. The van der Waals surface area contributed by atoms with Crippen LogP contribution >= 0.6 is 11.3 Å². The highest BCUT2D eigenvalue weighted by Crippen LogP contribution is 2.15. The third kappa shape index (κ3) is 4.88. The lowest BCUT2D eigenvalue weighted by Crippen LogP contribution is -2.40. The van der Waals surface area contributed by atoms with Crippen LogP contribution in [0.3, 0.4) is 0 Å². The van der Waals surface area contributed by atoms with Gasteiger partial charge in [0.1, 0.15) is 6.61 Å². The molecular weight excluding hydrogens is 288 g/mol. The summed E-state index contributed by atoms with van der Waals surface area (Å²) in [5.74, 6) is 5.03. The van der Waals surface area contributed by atoms with Gasteiger partial charge >= 0.3 is 0 Å². The first-order valence-corrected chi connectivity index (χ1v) is 7.62. The number of hydrogen-bond donors (Lipinski definition) is 1. The first-order chi connectivity index (χ1) is 10.0. The molecule has 1 aromatic heterocycles. The Bertz CT molecular complexity index is 553. The fourth-order valence-electron chi connectivity index (χ4n) is 1.81. The Labute approximate surface area is 129 Å². The van der Waals surface area contributed by atoms with Gasteiger partial charge in [0.2, 0.25) is 5.91 Å². The lowest BCUT2D eigenvalue weighted by molar-refractivity contribution is -0.131. The summed E-state index contributed by atoms with van der Waals surface area (Å²) in [5.41, 5.74) is 0.511. The highest BCUT2D eigenvalue weighted by Gasteiger charge is 2.18. The van der Waals surface area contributed by atoms with E-state index in [4.69, 9.17) is 5.11 Å². The number of amides is 2. The summed E-state index contributed by atoms with van der Waals surface area (Å²) < 4.78 is 0. The van der Waals surface area contributed by atoms with E-state index >= 15 is 0 Å². The van der Waals surface area contributed by atoms with E-state index in [9.17, 15) is 9.59 Å². The van der Waals surface area contributed by atoms with E-state index in [-0.39, 0.29) is 25.0 Å². The van der Waals surface area contributed by atoms with Gasteiger partial charge in [0, 0.05) is 25.5 Å². The molecule has 0 fully saturated rings. The quantitative estimate of drug-likeness (QED) is 0.827. The molecule has 0 radical (unpaired) electrons. The molecule has 5 nitrogen and oxygen atoms in total. The number of aliphatic hydroxyl groups excluding tert-OH is 1. The van der Waals surface area contributed by atoms with Crippen LogP contribution in [-0.4, -0.2) is 60.0 Å². The van der Waals surface area contributed by atoms with Crippen LogP contribution in [0.15, 0.2) is 11.4 Å². The van der Waals surface area contributed by atoms with Crippen LogP contribution in [0.2, 0.25) is 0 Å². The van der Waals surface area contributed by atoms with Gasteiger partial charge in [-0.3, -0.25) is 9.59 Å². The van der Waals surface area contributed by atoms with Gasteiger partial charge in [-0.05, 0) is 19.9 Å². The van der Waals surface area contributed by atoms with Crippen LogP contribution in [0.4, 0.5) is 0 Å². The Morgan fingerprint density at radius 3 is 2.57 bits per heavy atom. The molecule has 0 spiro atoms. The molecule has 0 aromatic carbocycles. The van der Waals surface area contributed by atoms with Crippen LogP contribution in [0.5, 0.6) is 0 Å². The number of hydrogen-bond acceptors (Lipinski definition) is 4. The molecule has 1 heterocycles. The third-order valence-corrected chi connectivity index (χ3v) is 3.82. The summed E-state index contributed by atoms with van der Waals surface area (Å²) in [6, 6.07) is 1.67. The molecule has 1 N–H and O–H groups in total. The van der Waals surface area contributed by atoms with E-state index in [0.717, 1.165) is 4.88 Å². The zero-order valence-electron chi connectivity index (χ0n) is 12.5. The van der Waals surface area contributed by atoms with E-state index in [2.05, 4.69) is 11.8 Å². The van der Waals surface area contributed by atoms with Crippen molar-refractivity contribution >= 4 is 23.2 Å². The van der Waals surface area contributed by atoms with Crippen LogP contribution in [0.1, 0.15) is 29.1 Å². The summed E-state index contributed by atoms with van der Waals surface area (Å²) >= 11 is 1.34. The number of carbonyl (C=O) groups excluding carboxylic acids is 2. The summed E-state index contributed by atoms with van der Waals surface area (Å²) in [5, 5.41) is 10.4. The number of likely N-dealkylation sites (N-methyl/N-ethyl adjacent to an activating group) is 2. The van der Waals surface area contributed by atoms with Crippen LogP contribution < -0.4 is 0 Å². The second kappa shape index (κ2) is 8.45. The Balaban J connectivity index is 2.70. The van der Waals surface area contributed by atoms with Crippen LogP contribution in [0.25, 0.3) is 0 Å². The van der Waals surface area contributed by atoms with Gasteiger partial charge in [-0.2, -0.15) is 0 Å². The predicted molar refractivity (Wildman–Crippen MR) is 83.2 cm³/mol. The zero-order chi connectivity index (χ0) is 15.8. The molecule has 0 saturated heterocycles. The first-order valence-electron chi connectivity index (χ1n) is 6.74. The molecule has 21 heavy (non-hydrogen) atoms. The number of carbonyl (C=O) groups is 2. The van der Waals surface area contributed by atoms with Gasteiger partial charge in [0.05, 0.1) is 17.0 Å². The Hall–Kier alpha value is -1.84. The predicted octanol–water partition coefficient (Wildman–Crippen LogP) is 1.03. The zero-order valence-corrected chi connectivity index (χ0v) is 13.4. The van der Waals surface area contributed by atoms with Crippen molar-refractivity contribution in [2.45, 2.75) is 13.8 Å². The van der Waals surface area contributed by atoms with Crippen LogP contribution in [0, 0.1) is 11.8 Å². The van der Waals surface area contributed by atoms with Crippen molar-refractivity contribution in [3.8, 4) is 11.8 Å². The second-order valence-electron chi connectivity index (χ2n) is 4.39. The highest BCUT2D eigenvalue weighted by molar-refractivity contribution is 7.10. The molecule has 0 unspecified atom stereocenters. The summed E-state index contributed by atoms with van der Waals surface area (Å²) in [7, 11) is 1.61. The van der Waals surface area contributed by atoms with Crippen molar-refractivity contribution in [1.82, 2.24) is 9.80 Å². The van der Waals surface area contributed by atoms with E-state index in [0.29, 0.717) is 18.7 Å². The van der Waals surface area contributed by atoms with E-state index in [1.807, 2.05) is 13.8 Å². The normalized spacial score (nSPS) is 9.71. The molecule has 1 aromatic rings. The van der Waals surface area contributed by atoms with E-state index < -0.39 is 0 Å². The summed E-state index contributed by atoms with van der Waals surface area (Å²) in [4.78, 5) is 28.0. The maximum Gasteiger partial charge on any atom is 0.254 e. The SMILES string of the molecule is CCN(CC)C(=O)CN(C)C(=O)c1csc(C#CCO)c1. The first kappa shape index (κ1) is 17.2. The van der Waals surface area contributed by atoms with E-state index in [1.165, 1.54) is 16.2 Å². The minimum absolute atomic E-state index is 0.0635. The molecule has 2 amide bonds. The van der Waals surface area contributed by atoms with E-state index in [1.54, 1.807) is 23.4 Å². The van der Waals surface area contributed by atoms with Crippen molar-refractivity contribution in [3.05, 3.63) is 21.9 Å². The molecule has 0 aliphatic rings. The molecule has 114 valence electrons. The van der Waals surface area contributed by atoms with Gasteiger partial charge in [0.25, 0.3) is 5.91 Å². The van der Waals surface area contributed by atoms with Crippen LogP contribution in [-0.2, 0) is 4.79 Å².